The molecule has 4 nitrogen and oxygen atoms in total. The van der Waals surface area contributed by atoms with Crippen molar-refractivity contribution in [2.45, 2.75) is 39.3 Å². The molecule has 21 heavy (non-hydrogen) atoms. The molecule has 0 spiro atoms. The van der Waals surface area contributed by atoms with Gasteiger partial charge in [0.1, 0.15) is 12.4 Å². The zero-order chi connectivity index (χ0) is 16.0. The van der Waals surface area contributed by atoms with Crippen molar-refractivity contribution in [1.82, 2.24) is 5.32 Å². The minimum Gasteiger partial charge on any atom is -0.488 e. The van der Waals surface area contributed by atoms with Crippen LogP contribution in [-0.4, -0.2) is 24.6 Å². The van der Waals surface area contributed by atoms with Crippen LogP contribution in [0.1, 0.15) is 27.2 Å². The van der Waals surface area contributed by atoms with E-state index in [1.165, 1.54) is 6.07 Å². The molecule has 0 saturated heterocycles. The summed E-state index contributed by atoms with van der Waals surface area (Å²) in [6, 6.07) is 2.16. The number of nitrogens with two attached hydrogens (primary N) is 1. The molecule has 0 aliphatic rings. The highest BCUT2D eigenvalue weighted by molar-refractivity contribution is 5.81. The molecule has 2 atom stereocenters. The molecule has 0 radical (unpaired) electrons. The molecular formula is C15H22F2N2O2. The molecule has 6 heteroatoms. The molecule has 1 aromatic rings. The fourth-order valence-corrected chi connectivity index (χ4v) is 1.81. The number of halogens is 2. The van der Waals surface area contributed by atoms with Crippen LogP contribution in [0.5, 0.6) is 5.75 Å². The highest BCUT2D eigenvalue weighted by Gasteiger charge is 2.17. The smallest absolute Gasteiger partial charge is 0.237 e. The number of ether oxygens (including phenoxy) is 1. The van der Waals surface area contributed by atoms with Gasteiger partial charge in [-0.1, -0.05) is 13.8 Å². The summed E-state index contributed by atoms with van der Waals surface area (Å²) in [5.41, 5.74) is 5.76. The Morgan fingerprint density at radius 1 is 1.33 bits per heavy atom. The van der Waals surface area contributed by atoms with Gasteiger partial charge in [-0.05, 0) is 31.4 Å². The van der Waals surface area contributed by atoms with Crippen LogP contribution in [0.4, 0.5) is 8.78 Å². The first kappa shape index (κ1) is 17.4. The predicted molar refractivity (Wildman–Crippen MR) is 76.9 cm³/mol. The van der Waals surface area contributed by atoms with Crippen LogP contribution >= 0.6 is 0 Å². The molecule has 118 valence electrons. The lowest BCUT2D eigenvalue weighted by Gasteiger charge is -2.19. The fourth-order valence-electron chi connectivity index (χ4n) is 1.81. The summed E-state index contributed by atoms with van der Waals surface area (Å²) < 4.78 is 31.3. The first-order valence-corrected chi connectivity index (χ1v) is 6.93. The van der Waals surface area contributed by atoms with E-state index in [0.29, 0.717) is 12.3 Å². The molecule has 0 aliphatic heterocycles. The molecule has 1 amide bonds. The Balaban J connectivity index is 2.43. The summed E-state index contributed by atoms with van der Waals surface area (Å²) in [4.78, 5) is 11.8. The third-order valence-corrected chi connectivity index (χ3v) is 2.83. The van der Waals surface area contributed by atoms with Crippen molar-refractivity contribution >= 4 is 5.91 Å². The third-order valence-electron chi connectivity index (χ3n) is 2.83. The standard InChI is InChI=1S/C15H22F2N2O2/c1-9(2)6-13(18)15(20)19-10(3)8-21-14-5-4-11(16)7-12(14)17/h4-5,7,9-10,13H,6,8,18H2,1-3H3,(H,19,20)/t10?,13-/m0/s1. The van der Waals surface area contributed by atoms with Gasteiger partial charge in [-0.3, -0.25) is 4.79 Å². The van der Waals surface area contributed by atoms with E-state index in [-0.39, 0.29) is 24.3 Å². The second kappa shape index (κ2) is 7.93. The molecule has 0 heterocycles. The van der Waals surface area contributed by atoms with E-state index in [9.17, 15) is 13.6 Å². The van der Waals surface area contributed by atoms with Gasteiger partial charge in [-0.2, -0.15) is 0 Å². The van der Waals surface area contributed by atoms with Crippen molar-refractivity contribution < 1.29 is 18.3 Å². The molecule has 1 aromatic carbocycles. The van der Waals surface area contributed by atoms with Gasteiger partial charge in [0.05, 0.1) is 12.1 Å². The normalized spacial score (nSPS) is 13.9. The Kier molecular flexibility index (Phi) is 6.55. The number of hydrogen-bond donors (Lipinski definition) is 2. The summed E-state index contributed by atoms with van der Waals surface area (Å²) in [6.07, 6.45) is 0.589. The maximum Gasteiger partial charge on any atom is 0.237 e. The summed E-state index contributed by atoms with van der Waals surface area (Å²) in [5, 5.41) is 2.70. The van der Waals surface area contributed by atoms with Gasteiger partial charge in [0.15, 0.2) is 11.6 Å². The van der Waals surface area contributed by atoms with E-state index in [4.69, 9.17) is 10.5 Å². The van der Waals surface area contributed by atoms with Crippen LogP contribution in [-0.2, 0) is 4.79 Å². The molecule has 0 aromatic heterocycles. The Morgan fingerprint density at radius 2 is 2.00 bits per heavy atom. The largest absolute Gasteiger partial charge is 0.488 e. The van der Waals surface area contributed by atoms with Crippen LogP contribution in [0.25, 0.3) is 0 Å². The lowest BCUT2D eigenvalue weighted by Crippen LogP contribution is -2.46. The molecule has 3 N–H and O–H groups in total. The van der Waals surface area contributed by atoms with E-state index in [0.717, 1.165) is 12.1 Å². The Hall–Kier alpha value is -1.69. The van der Waals surface area contributed by atoms with Gasteiger partial charge in [-0.15, -0.1) is 0 Å². The van der Waals surface area contributed by atoms with Gasteiger partial charge in [0.2, 0.25) is 5.91 Å². The van der Waals surface area contributed by atoms with Gasteiger partial charge >= 0.3 is 0 Å². The molecule has 0 saturated carbocycles. The van der Waals surface area contributed by atoms with Crippen molar-refractivity contribution in [3.63, 3.8) is 0 Å². The molecular weight excluding hydrogens is 278 g/mol. The topological polar surface area (TPSA) is 64.4 Å². The minimum absolute atomic E-state index is 0.0519. The zero-order valence-electron chi connectivity index (χ0n) is 12.5. The lowest BCUT2D eigenvalue weighted by molar-refractivity contribution is -0.123. The number of carbonyl (C=O) groups excluding carboxylic acids is 1. The Labute approximate surface area is 123 Å². The molecule has 0 fully saturated rings. The van der Waals surface area contributed by atoms with Crippen LogP contribution in [0.15, 0.2) is 18.2 Å². The average Bonchev–Trinajstić information content (AvgIpc) is 2.36. The maximum absolute atomic E-state index is 13.4. The number of benzene rings is 1. The fraction of sp³-hybridized carbons (Fsp3) is 0.533. The van der Waals surface area contributed by atoms with E-state index >= 15 is 0 Å². The Bertz CT molecular complexity index is 481. The highest BCUT2D eigenvalue weighted by Crippen LogP contribution is 2.17. The monoisotopic (exact) mass is 300 g/mol. The van der Waals surface area contributed by atoms with Gasteiger partial charge < -0.3 is 15.8 Å². The first-order valence-electron chi connectivity index (χ1n) is 6.93. The number of nitrogens with one attached hydrogen (secondary N) is 1. The SMILES string of the molecule is CC(C)C[C@H](N)C(=O)NC(C)COc1ccc(F)cc1F. The Morgan fingerprint density at radius 3 is 2.57 bits per heavy atom. The molecule has 0 aliphatic carbocycles. The van der Waals surface area contributed by atoms with Gasteiger partial charge in [0.25, 0.3) is 0 Å². The number of amides is 1. The van der Waals surface area contributed by atoms with E-state index in [2.05, 4.69) is 5.32 Å². The third kappa shape index (κ3) is 6.08. The van der Waals surface area contributed by atoms with Crippen molar-refractivity contribution in [2.75, 3.05) is 6.61 Å². The van der Waals surface area contributed by atoms with Crippen molar-refractivity contribution in [2.24, 2.45) is 11.7 Å². The van der Waals surface area contributed by atoms with E-state index in [1.807, 2.05) is 13.8 Å². The minimum atomic E-state index is -0.773. The van der Waals surface area contributed by atoms with Crippen LogP contribution in [0.2, 0.25) is 0 Å². The summed E-state index contributed by atoms with van der Waals surface area (Å²) >= 11 is 0. The van der Waals surface area contributed by atoms with Crippen LogP contribution in [0.3, 0.4) is 0 Å². The lowest BCUT2D eigenvalue weighted by atomic mass is 10.0. The van der Waals surface area contributed by atoms with Crippen molar-refractivity contribution in [3.8, 4) is 5.75 Å². The van der Waals surface area contributed by atoms with E-state index in [1.54, 1.807) is 6.92 Å². The quantitative estimate of drug-likeness (QED) is 0.811. The maximum atomic E-state index is 13.4. The van der Waals surface area contributed by atoms with Gasteiger partial charge in [-0.25, -0.2) is 8.78 Å². The summed E-state index contributed by atoms with van der Waals surface area (Å²) in [7, 11) is 0. The van der Waals surface area contributed by atoms with Crippen molar-refractivity contribution in [3.05, 3.63) is 29.8 Å². The molecule has 1 rings (SSSR count). The summed E-state index contributed by atoms with van der Waals surface area (Å²) in [6.45, 7) is 5.76. The average molecular weight is 300 g/mol. The molecule has 1 unspecified atom stereocenters. The second-order valence-electron chi connectivity index (χ2n) is 5.53. The predicted octanol–water partition coefficient (Wildman–Crippen LogP) is 2.22. The number of hydrogen-bond acceptors (Lipinski definition) is 3. The summed E-state index contributed by atoms with van der Waals surface area (Å²) in [5.74, 6) is -1.43. The van der Waals surface area contributed by atoms with Crippen LogP contribution < -0.4 is 15.8 Å². The number of rotatable bonds is 7. The van der Waals surface area contributed by atoms with Gasteiger partial charge in [0, 0.05) is 6.07 Å². The van der Waals surface area contributed by atoms with E-state index < -0.39 is 17.7 Å². The first-order chi connectivity index (χ1) is 9.79. The van der Waals surface area contributed by atoms with Crippen LogP contribution in [0, 0.1) is 17.6 Å². The highest BCUT2D eigenvalue weighted by atomic mass is 19.1. The molecule has 0 bridgehead atoms. The number of carbonyl (C=O) groups is 1. The van der Waals surface area contributed by atoms with Crippen molar-refractivity contribution in [1.29, 1.82) is 0 Å². The zero-order valence-corrected chi connectivity index (χ0v) is 12.5. The second-order valence-corrected chi connectivity index (χ2v) is 5.53.